The van der Waals surface area contributed by atoms with E-state index < -0.39 is 6.04 Å². The van der Waals surface area contributed by atoms with Gasteiger partial charge in [0.05, 0.1) is 20.3 Å². The van der Waals surface area contributed by atoms with E-state index in [0.717, 1.165) is 24.2 Å². The zero-order valence-electron chi connectivity index (χ0n) is 14.3. The first kappa shape index (κ1) is 19.6. The lowest BCUT2D eigenvalue weighted by molar-refractivity contribution is -0.134. The maximum absolute atomic E-state index is 12.5. The monoisotopic (exact) mass is 342 g/mol. The lowest BCUT2D eigenvalue weighted by Gasteiger charge is -2.32. The van der Waals surface area contributed by atoms with Crippen LogP contribution in [-0.2, 0) is 17.8 Å². The summed E-state index contributed by atoms with van der Waals surface area (Å²) in [6.45, 7) is 5.36. The standard InChI is InChI=1S/C17H26N2O3.ClH/c1-5-11(2)16(18)17(20)19-7-6-12-8-14(21-3)15(22-4)9-13(12)10-19;/h8-9,11,16H,5-7,10,18H2,1-4H3;1H. The number of hydrogen-bond donors (Lipinski definition) is 1. The number of amides is 1. The highest BCUT2D eigenvalue weighted by atomic mass is 35.5. The van der Waals surface area contributed by atoms with Crippen LogP contribution in [0.2, 0.25) is 0 Å². The molecule has 0 spiro atoms. The lowest BCUT2D eigenvalue weighted by Crippen LogP contribution is -2.48. The van der Waals surface area contributed by atoms with Crippen LogP contribution in [-0.4, -0.2) is 37.6 Å². The molecule has 1 aliphatic rings. The van der Waals surface area contributed by atoms with Crippen molar-refractivity contribution < 1.29 is 14.3 Å². The smallest absolute Gasteiger partial charge is 0.240 e. The first-order chi connectivity index (χ1) is 10.5. The van der Waals surface area contributed by atoms with Gasteiger partial charge in [0.1, 0.15) is 0 Å². The van der Waals surface area contributed by atoms with Crippen LogP contribution in [0.4, 0.5) is 0 Å². The minimum atomic E-state index is -0.424. The van der Waals surface area contributed by atoms with E-state index in [9.17, 15) is 4.79 Å². The molecule has 2 atom stereocenters. The number of hydrogen-bond acceptors (Lipinski definition) is 4. The Bertz CT molecular complexity index is 551. The SMILES string of the molecule is CCC(C)C(N)C(=O)N1CCc2cc(OC)c(OC)cc2C1.Cl. The van der Waals surface area contributed by atoms with Crippen molar-refractivity contribution in [3.8, 4) is 11.5 Å². The van der Waals surface area contributed by atoms with Crippen LogP contribution in [0.5, 0.6) is 11.5 Å². The van der Waals surface area contributed by atoms with Gasteiger partial charge in [-0.2, -0.15) is 0 Å². The van der Waals surface area contributed by atoms with E-state index >= 15 is 0 Å². The quantitative estimate of drug-likeness (QED) is 0.892. The van der Waals surface area contributed by atoms with Crippen LogP contribution in [0, 0.1) is 5.92 Å². The van der Waals surface area contributed by atoms with Crippen molar-refractivity contribution >= 4 is 18.3 Å². The van der Waals surface area contributed by atoms with E-state index in [4.69, 9.17) is 15.2 Å². The molecule has 0 saturated carbocycles. The normalized spacial score (nSPS) is 16.0. The molecule has 1 amide bonds. The molecule has 2 N–H and O–H groups in total. The third-order valence-corrected chi connectivity index (χ3v) is 4.57. The zero-order chi connectivity index (χ0) is 16.3. The van der Waals surface area contributed by atoms with Gasteiger partial charge in [-0.05, 0) is 35.6 Å². The molecule has 1 heterocycles. The Balaban J connectivity index is 0.00000264. The van der Waals surface area contributed by atoms with Crippen LogP contribution in [0.3, 0.4) is 0 Å². The summed E-state index contributed by atoms with van der Waals surface area (Å²) in [4.78, 5) is 14.4. The highest BCUT2D eigenvalue weighted by molar-refractivity contribution is 5.85. The molecule has 130 valence electrons. The summed E-state index contributed by atoms with van der Waals surface area (Å²) in [5.41, 5.74) is 8.40. The molecule has 0 fully saturated rings. The van der Waals surface area contributed by atoms with Crippen molar-refractivity contribution in [3.05, 3.63) is 23.3 Å². The van der Waals surface area contributed by atoms with Crippen molar-refractivity contribution in [1.29, 1.82) is 0 Å². The van der Waals surface area contributed by atoms with E-state index in [2.05, 4.69) is 6.92 Å². The fourth-order valence-electron chi connectivity index (χ4n) is 2.78. The third kappa shape index (κ3) is 4.09. The number of rotatable bonds is 5. The molecule has 1 aromatic rings. The van der Waals surface area contributed by atoms with E-state index in [1.165, 1.54) is 5.56 Å². The molecule has 1 aliphatic heterocycles. The van der Waals surface area contributed by atoms with E-state index in [1.54, 1.807) is 14.2 Å². The largest absolute Gasteiger partial charge is 0.493 e. The summed E-state index contributed by atoms with van der Waals surface area (Å²) in [5.74, 6) is 1.66. The summed E-state index contributed by atoms with van der Waals surface area (Å²) in [6, 6.07) is 3.54. The number of methoxy groups -OCH3 is 2. The number of benzene rings is 1. The van der Waals surface area contributed by atoms with Crippen LogP contribution in [0.25, 0.3) is 0 Å². The molecular formula is C17H27ClN2O3. The Morgan fingerprint density at radius 1 is 1.26 bits per heavy atom. The molecule has 0 saturated heterocycles. The molecule has 6 heteroatoms. The first-order valence-electron chi connectivity index (χ1n) is 7.79. The van der Waals surface area contributed by atoms with Crippen molar-refractivity contribution in [2.24, 2.45) is 11.7 Å². The van der Waals surface area contributed by atoms with E-state index in [1.807, 2.05) is 24.0 Å². The number of halogens is 1. The molecule has 0 radical (unpaired) electrons. The average Bonchev–Trinajstić information content (AvgIpc) is 2.57. The van der Waals surface area contributed by atoms with Crippen molar-refractivity contribution in [1.82, 2.24) is 4.90 Å². The minimum Gasteiger partial charge on any atom is -0.493 e. The van der Waals surface area contributed by atoms with Gasteiger partial charge in [-0.25, -0.2) is 0 Å². The molecule has 5 nitrogen and oxygen atoms in total. The fourth-order valence-corrected chi connectivity index (χ4v) is 2.78. The van der Waals surface area contributed by atoms with Gasteiger partial charge in [-0.15, -0.1) is 12.4 Å². The number of carbonyl (C=O) groups excluding carboxylic acids is 1. The Kier molecular flexibility index (Phi) is 7.16. The Hall–Kier alpha value is -1.46. The third-order valence-electron chi connectivity index (χ3n) is 4.57. The molecular weight excluding hydrogens is 316 g/mol. The molecule has 2 unspecified atom stereocenters. The van der Waals surface area contributed by atoms with Gasteiger partial charge < -0.3 is 20.1 Å². The van der Waals surface area contributed by atoms with E-state index in [0.29, 0.717) is 18.8 Å². The summed E-state index contributed by atoms with van der Waals surface area (Å²) < 4.78 is 10.7. The predicted molar refractivity (Wildman–Crippen MR) is 93.3 cm³/mol. The van der Waals surface area contributed by atoms with Crippen LogP contribution in [0.1, 0.15) is 31.4 Å². The maximum atomic E-state index is 12.5. The second-order valence-electron chi connectivity index (χ2n) is 5.90. The van der Waals surface area contributed by atoms with Crippen molar-refractivity contribution in [2.75, 3.05) is 20.8 Å². The fraction of sp³-hybridized carbons (Fsp3) is 0.588. The summed E-state index contributed by atoms with van der Waals surface area (Å²) >= 11 is 0. The molecule has 23 heavy (non-hydrogen) atoms. The maximum Gasteiger partial charge on any atom is 0.240 e. The highest BCUT2D eigenvalue weighted by Crippen LogP contribution is 2.33. The lowest BCUT2D eigenvalue weighted by atomic mass is 9.95. The number of ether oxygens (including phenoxy) is 2. The van der Waals surface area contributed by atoms with Gasteiger partial charge >= 0.3 is 0 Å². The molecule has 0 aliphatic carbocycles. The second kappa shape index (κ2) is 8.41. The molecule has 2 rings (SSSR count). The minimum absolute atomic E-state index is 0. The Labute approximate surface area is 144 Å². The summed E-state index contributed by atoms with van der Waals surface area (Å²) in [7, 11) is 3.25. The van der Waals surface area contributed by atoms with Crippen LogP contribution < -0.4 is 15.2 Å². The number of fused-ring (bicyclic) bond motifs is 1. The summed E-state index contributed by atoms with van der Waals surface area (Å²) in [5, 5.41) is 0. The van der Waals surface area contributed by atoms with Crippen LogP contribution in [0.15, 0.2) is 12.1 Å². The van der Waals surface area contributed by atoms with Crippen molar-refractivity contribution in [3.63, 3.8) is 0 Å². The Morgan fingerprint density at radius 2 is 1.83 bits per heavy atom. The zero-order valence-corrected chi connectivity index (χ0v) is 15.1. The van der Waals surface area contributed by atoms with E-state index in [-0.39, 0.29) is 24.2 Å². The van der Waals surface area contributed by atoms with Gasteiger partial charge in [0.2, 0.25) is 5.91 Å². The summed E-state index contributed by atoms with van der Waals surface area (Å²) in [6.07, 6.45) is 1.72. The number of nitrogens with zero attached hydrogens (tertiary/aromatic N) is 1. The van der Waals surface area contributed by atoms with Crippen LogP contribution >= 0.6 is 12.4 Å². The molecule has 0 aromatic heterocycles. The van der Waals surface area contributed by atoms with Crippen molar-refractivity contribution in [2.45, 2.75) is 39.3 Å². The number of carbonyl (C=O) groups is 1. The predicted octanol–water partition coefficient (Wildman–Crippen LogP) is 2.38. The number of nitrogens with two attached hydrogens (primary N) is 1. The molecule has 1 aromatic carbocycles. The Morgan fingerprint density at radius 3 is 2.35 bits per heavy atom. The van der Waals surface area contributed by atoms with Gasteiger partial charge in [-0.1, -0.05) is 20.3 Å². The average molecular weight is 343 g/mol. The first-order valence-corrected chi connectivity index (χ1v) is 7.79. The highest BCUT2D eigenvalue weighted by Gasteiger charge is 2.28. The van der Waals surface area contributed by atoms with Gasteiger partial charge in [-0.3, -0.25) is 4.79 Å². The topological polar surface area (TPSA) is 64.8 Å². The van der Waals surface area contributed by atoms with Gasteiger partial charge in [0.25, 0.3) is 0 Å². The van der Waals surface area contributed by atoms with Gasteiger partial charge in [0.15, 0.2) is 11.5 Å². The van der Waals surface area contributed by atoms with Gasteiger partial charge in [0, 0.05) is 13.1 Å². The second-order valence-corrected chi connectivity index (χ2v) is 5.90. The molecule has 0 bridgehead atoms.